The average molecular weight is 443 g/mol. The lowest BCUT2D eigenvalue weighted by atomic mass is 10.0. The number of nitrogens with one attached hydrogen (secondary N) is 1. The second-order valence-electron chi connectivity index (χ2n) is 6.84. The minimum atomic E-state index is -0.485. The van der Waals surface area contributed by atoms with Crippen molar-refractivity contribution in [3.63, 3.8) is 0 Å². The van der Waals surface area contributed by atoms with E-state index in [4.69, 9.17) is 0 Å². The van der Waals surface area contributed by atoms with Crippen LogP contribution in [0.5, 0.6) is 0 Å². The van der Waals surface area contributed by atoms with Crippen molar-refractivity contribution in [2.75, 3.05) is 11.1 Å². The van der Waals surface area contributed by atoms with Gasteiger partial charge in [0.1, 0.15) is 5.03 Å². The Kier molecular flexibility index (Phi) is 6.52. The molecule has 4 rings (SSSR count). The molecule has 4 aromatic rings. The van der Waals surface area contributed by atoms with Crippen molar-refractivity contribution < 1.29 is 9.72 Å². The van der Waals surface area contributed by atoms with Crippen LogP contribution < -0.4 is 5.32 Å². The Bertz CT molecular complexity index is 1210. The van der Waals surface area contributed by atoms with Gasteiger partial charge in [-0.05, 0) is 35.4 Å². The molecule has 0 unspecified atom stereocenters. The summed E-state index contributed by atoms with van der Waals surface area (Å²) < 4.78 is 0. The number of nitro benzene ring substituents is 1. The average Bonchev–Trinajstić information content (AvgIpc) is 2.84. The summed E-state index contributed by atoms with van der Waals surface area (Å²) in [6.45, 7) is 0. The van der Waals surface area contributed by atoms with Crippen molar-refractivity contribution in [1.29, 1.82) is 0 Å². The fraction of sp³-hybridized carbons (Fsp3) is 0.0417. The molecule has 0 aliphatic rings. The van der Waals surface area contributed by atoms with Gasteiger partial charge in [-0.3, -0.25) is 14.9 Å². The lowest BCUT2D eigenvalue weighted by Crippen LogP contribution is -2.14. The predicted molar refractivity (Wildman–Crippen MR) is 125 cm³/mol. The number of nitrogens with zero attached hydrogens (tertiary/aromatic N) is 3. The van der Waals surface area contributed by atoms with Crippen molar-refractivity contribution in [2.45, 2.75) is 5.03 Å². The Morgan fingerprint density at radius 3 is 2.09 bits per heavy atom. The predicted octanol–water partition coefficient (Wildman–Crippen LogP) is 5.45. The van der Waals surface area contributed by atoms with Crippen LogP contribution in [0.2, 0.25) is 0 Å². The Morgan fingerprint density at radius 1 is 0.812 bits per heavy atom. The number of carbonyl (C=O) groups excluding carboxylic acids is 1. The van der Waals surface area contributed by atoms with Crippen molar-refractivity contribution >= 4 is 29.0 Å². The Balaban J connectivity index is 1.32. The highest BCUT2D eigenvalue weighted by atomic mass is 32.2. The maximum Gasteiger partial charge on any atom is 0.269 e. The second-order valence-corrected chi connectivity index (χ2v) is 7.84. The minimum Gasteiger partial charge on any atom is -0.325 e. The number of amides is 1. The maximum absolute atomic E-state index is 12.1. The van der Waals surface area contributed by atoms with E-state index >= 15 is 0 Å². The zero-order chi connectivity index (χ0) is 22.3. The quantitative estimate of drug-likeness (QED) is 0.232. The number of non-ortho nitro benzene ring substituents is 1. The molecule has 0 saturated carbocycles. The van der Waals surface area contributed by atoms with Crippen molar-refractivity contribution in [3.05, 3.63) is 101 Å². The number of aromatic nitrogens is 2. The van der Waals surface area contributed by atoms with Gasteiger partial charge in [0.15, 0.2) is 0 Å². The van der Waals surface area contributed by atoms with E-state index in [0.29, 0.717) is 10.7 Å². The van der Waals surface area contributed by atoms with Crippen LogP contribution in [0.1, 0.15) is 0 Å². The van der Waals surface area contributed by atoms with Gasteiger partial charge >= 0.3 is 0 Å². The molecule has 1 heterocycles. The summed E-state index contributed by atoms with van der Waals surface area (Å²) in [6.07, 6.45) is 0. The molecule has 0 bridgehead atoms. The van der Waals surface area contributed by atoms with E-state index in [1.165, 1.54) is 36.0 Å². The van der Waals surface area contributed by atoms with Gasteiger partial charge < -0.3 is 5.32 Å². The number of benzene rings is 3. The van der Waals surface area contributed by atoms with Crippen LogP contribution in [-0.2, 0) is 4.79 Å². The monoisotopic (exact) mass is 442 g/mol. The molecule has 0 aliphatic heterocycles. The molecule has 158 valence electrons. The summed E-state index contributed by atoms with van der Waals surface area (Å²) in [6, 6.07) is 27.7. The zero-order valence-electron chi connectivity index (χ0n) is 16.8. The molecule has 1 amide bonds. The van der Waals surface area contributed by atoms with Gasteiger partial charge in [0.25, 0.3) is 5.69 Å². The Hall–Kier alpha value is -4.04. The maximum atomic E-state index is 12.1. The largest absolute Gasteiger partial charge is 0.325 e. The molecule has 0 fully saturated rings. The first-order valence-electron chi connectivity index (χ1n) is 9.75. The molecule has 32 heavy (non-hydrogen) atoms. The molecule has 0 saturated heterocycles. The molecule has 8 heteroatoms. The Labute approximate surface area is 188 Å². The van der Waals surface area contributed by atoms with E-state index in [2.05, 4.69) is 39.8 Å². The van der Waals surface area contributed by atoms with E-state index < -0.39 is 4.92 Å². The lowest BCUT2D eigenvalue weighted by molar-refractivity contribution is -0.384. The Morgan fingerprint density at radius 2 is 1.47 bits per heavy atom. The van der Waals surface area contributed by atoms with E-state index in [1.54, 1.807) is 0 Å². The number of rotatable bonds is 7. The van der Waals surface area contributed by atoms with E-state index in [0.717, 1.165) is 22.4 Å². The third-order valence-electron chi connectivity index (χ3n) is 4.64. The summed E-state index contributed by atoms with van der Waals surface area (Å²) in [5.41, 5.74) is 4.48. The summed E-state index contributed by atoms with van der Waals surface area (Å²) in [5.74, 6) is -0.0808. The highest BCUT2D eigenvalue weighted by molar-refractivity contribution is 7.99. The second kappa shape index (κ2) is 9.84. The van der Waals surface area contributed by atoms with Gasteiger partial charge in [0.05, 0.1) is 16.4 Å². The van der Waals surface area contributed by atoms with Gasteiger partial charge in [-0.2, -0.15) is 0 Å². The fourth-order valence-electron chi connectivity index (χ4n) is 3.02. The van der Waals surface area contributed by atoms with Crippen LogP contribution in [0.15, 0.2) is 96.0 Å². The van der Waals surface area contributed by atoms with Crippen molar-refractivity contribution in [1.82, 2.24) is 10.2 Å². The van der Waals surface area contributed by atoms with Gasteiger partial charge in [-0.25, -0.2) is 0 Å². The number of thioether (sulfide) groups is 1. The fourth-order valence-corrected chi connectivity index (χ4v) is 3.63. The lowest BCUT2D eigenvalue weighted by Gasteiger charge is -2.06. The van der Waals surface area contributed by atoms with Crippen LogP contribution in [0.25, 0.3) is 22.4 Å². The summed E-state index contributed by atoms with van der Waals surface area (Å²) in [4.78, 5) is 22.3. The normalized spacial score (nSPS) is 10.5. The number of carbonyl (C=O) groups is 1. The summed E-state index contributed by atoms with van der Waals surface area (Å²) >= 11 is 1.27. The molecular formula is C24H18N4O3S. The minimum absolute atomic E-state index is 0.0255. The van der Waals surface area contributed by atoms with Gasteiger partial charge in [0.2, 0.25) is 5.91 Å². The number of hydrogen-bond donors (Lipinski definition) is 1. The highest BCUT2D eigenvalue weighted by Crippen LogP contribution is 2.24. The number of anilines is 1. The third kappa shape index (κ3) is 5.35. The first-order valence-corrected chi connectivity index (χ1v) is 10.7. The molecular weight excluding hydrogens is 424 g/mol. The topological polar surface area (TPSA) is 98.0 Å². The SMILES string of the molecule is O=C(CSc1ccc(-c2ccc(-c3ccccc3)cc2)nn1)Nc1ccc([N+](=O)[O-])cc1. The van der Waals surface area contributed by atoms with Crippen LogP contribution in [0, 0.1) is 10.1 Å². The molecule has 1 N–H and O–H groups in total. The van der Waals surface area contributed by atoms with Crippen LogP contribution >= 0.6 is 11.8 Å². The molecule has 0 aliphatic carbocycles. The van der Waals surface area contributed by atoms with Crippen LogP contribution in [0.3, 0.4) is 0 Å². The highest BCUT2D eigenvalue weighted by Gasteiger charge is 2.09. The molecule has 0 radical (unpaired) electrons. The smallest absolute Gasteiger partial charge is 0.269 e. The van der Waals surface area contributed by atoms with Gasteiger partial charge in [-0.1, -0.05) is 66.4 Å². The molecule has 3 aromatic carbocycles. The first kappa shape index (κ1) is 21.2. The third-order valence-corrected chi connectivity index (χ3v) is 5.56. The van der Waals surface area contributed by atoms with Crippen LogP contribution in [-0.4, -0.2) is 26.8 Å². The number of hydrogen-bond acceptors (Lipinski definition) is 6. The molecule has 7 nitrogen and oxygen atoms in total. The standard InChI is InChI=1S/C24H18N4O3S/c29-23(25-20-10-12-21(13-11-20)28(30)31)16-32-24-15-14-22(26-27-24)19-8-6-18(7-9-19)17-4-2-1-3-5-17/h1-15H,16H2,(H,25,29). The number of nitro groups is 1. The molecule has 1 aromatic heterocycles. The van der Waals surface area contributed by atoms with Gasteiger partial charge in [0, 0.05) is 23.4 Å². The van der Waals surface area contributed by atoms with Crippen molar-refractivity contribution in [2.24, 2.45) is 0 Å². The summed E-state index contributed by atoms with van der Waals surface area (Å²) in [5, 5.41) is 22.5. The molecule has 0 atom stereocenters. The zero-order valence-corrected chi connectivity index (χ0v) is 17.7. The van der Waals surface area contributed by atoms with Gasteiger partial charge in [-0.15, -0.1) is 10.2 Å². The van der Waals surface area contributed by atoms with E-state index in [9.17, 15) is 14.9 Å². The first-order chi connectivity index (χ1) is 15.6. The van der Waals surface area contributed by atoms with E-state index in [1.807, 2.05) is 42.5 Å². The molecule has 0 spiro atoms. The van der Waals surface area contributed by atoms with Crippen LogP contribution in [0.4, 0.5) is 11.4 Å². The van der Waals surface area contributed by atoms with E-state index in [-0.39, 0.29) is 17.3 Å². The summed E-state index contributed by atoms with van der Waals surface area (Å²) in [7, 11) is 0. The van der Waals surface area contributed by atoms with Crippen molar-refractivity contribution in [3.8, 4) is 22.4 Å².